The maximum atomic E-state index is 12.1. The molecule has 18 heavy (non-hydrogen) atoms. The Morgan fingerprint density at radius 3 is 2.28 bits per heavy atom. The molecule has 0 bridgehead atoms. The minimum atomic E-state index is -3.74. The van der Waals surface area contributed by atoms with Gasteiger partial charge in [-0.05, 0) is 30.3 Å². The van der Waals surface area contributed by atoms with E-state index in [9.17, 15) is 13.2 Å². The van der Waals surface area contributed by atoms with E-state index in [0.29, 0.717) is 0 Å². The largest absolute Gasteiger partial charge is 0.478 e. The lowest BCUT2D eigenvalue weighted by molar-refractivity contribution is 0.0697. The van der Waals surface area contributed by atoms with Crippen LogP contribution in [0.5, 0.6) is 0 Å². The molecule has 0 radical (unpaired) electrons. The van der Waals surface area contributed by atoms with Crippen molar-refractivity contribution in [2.75, 3.05) is 0 Å². The summed E-state index contributed by atoms with van der Waals surface area (Å²) in [7, 11) is -3.74. The molecule has 1 aromatic carbocycles. The molecule has 1 aromatic heterocycles. The Hall–Kier alpha value is -1.60. The van der Waals surface area contributed by atoms with Crippen LogP contribution in [0.15, 0.2) is 52.1 Å². The van der Waals surface area contributed by atoms with Crippen LogP contribution < -0.4 is 0 Å². The fourth-order valence-electron chi connectivity index (χ4n) is 1.38. The van der Waals surface area contributed by atoms with E-state index < -0.39 is 16.0 Å². The van der Waals surface area contributed by atoms with Crippen LogP contribution in [0, 0.1) is 0 Å². The van der Waals surface area contributed by atoms with E-state index in [2.05, 4.69) is 15.9 Å². The molecule has 2 rings (SSSR count). The summed E-state index contributed by atoms with van der Waals surface area (Å²) < 4.78 is 25.9. The molecular weight excluding hydrogens is 322 g/mol. The van der Waals surface area contributed by atoms with E-state index in [0.717, 1.165) is 14.6 Å². The fourth-order valence-corrected chi connectivity index (χ4v) is 2.84. The quantitative estimate of drug-likeness (QED) is 0.936. The van der Waals surface area contributed by atoms with Gasteiger partial charge in [-0.1, -0.05) is 15.9 Å². The van der Waals surface area contributed by atoms with Gasteiger partial charge in [0, 0.05) is 16.9 Å². The number of carboxylic acid groups (broad SMARTS) is 1. The first kappa shape index (κ1) is 12.8. The molecule has 1 heterocycles. The molecule has 0 unspecified atom stereocenters. The Labute approximate surface area is 112 Å². The Bertz CT molecular complexity index is 688. The van der Waals surface area contributed by atoms with Crippen LogP contribution >= 0.6 is 15.9 Å². The van der Waals surface area contributed by atoms with E-state index in [4.69, 9.17) is 5.11 Å². The second-order valence-corrected chi connectivity index (χ2v) is 6.25. The maximum absolute atomic E-state index is 12.1. The third-order valence-corrected chi connectivity index (χ3v) is 4.48. The van der Waals surface area contributed by atoms with Crippen molar-refractivity contribution in [2.45, 2.75) is 4.90 Å². The first-order valence-electron chi connectivity index (χ1n) is 4.84. The third kappa shape index (κ3) is 2.32. The van der Waals surface area contributed by atoms with Gasteiger partial charge in [-0.15, -0.1) is 0 Å². The number of nitrogens with zero attached hydrogens (tertiary/aromatic N) is 1. The highest BCUT2D eigenvalue weighted by Crippen LogP contribution is 2.18. The monoisotopic (exact) mass is 329 g/mol. The summed E-state index contributed by atoms with van der Waals surface area (Å²) in [5, 5.41) is 8.76. The highest BCUT2D eigenvalue weighted by Gasteiger charge is 2.17. The Morgan fingerprint density at radius 1 is 1.17 bits per heavy atom. The number of benzene rings is 1. The molecule has 2 aromatic rings. The van der Waals surface area contributed by atoms with Crippen molar-refractivity contribution in [1.82, 2.24) is 3.97 Å². The summed E-state index contributed by atoms with van der Waals surface area (Å²) in [5.74, 6) is -1.17. The van der Waals surface area contributed by atoms with E-state index in [1.54, 1.807) is 12.1 Å². The molecule has 0 atom stereocenters. The van der Waals surface area contributed by atoms with E-state index in [1.165, 1.54) is 24.4 Å². The standard InChI is InChI=1S/C11H8BrNO4S/c12-9-1-3-10(4-2-9)18(16,17)13-6-5-8(7-13)11(14)15/h1-7H,(H,14,15). The first-order valence-corrected chi connectivity index (χ1v) is 7.07. The van der Waals surface area contributed by atoms with E-state index in [-0.39, 0.29) is 10.5 Å². The molecule has 0 saturated carbocycles. The minimum Gasteiger partial charge on any atom is -0.478 e. The predicted molar refractivity (Wildman–Crippen MR) is 68.1 cm³/mol. The van der Waals surface area contributed by atoms with Crippen LogP contribution in [0.4, 0.5) is 0 Å². The zero-order chi connectivity index (χ0) is 13.3. The van der Waals surface area contributed by atoms with Crippen molar-refractivity contribution in [2.24, 2.45) is 0 Å². The lowest BCUT2D eigenvalue weighted by Crippen LogP contribution is -2.11. The number of carbonyl (C=O) groups is 1. The topological polar surface area (TPSA) is 76.4 Å². The second kappa shape index (κ2) is 4.58. The Morgan fingerprint density at radius 2 is 1.78 bits per heavy atom. The molecule has 0 saturated heterocycles. The van der Waals surface area contributed by atoms with Gasteiger partial charge < -0.3 is 5.11 Å². The first-order chi connectivity index (χ1) is 8.41. The average molecular weight is 330 g/mol. The molecule has 1 N–H and O–H groups in total. The molecule has 7 heteroatoms. The minimum absolute atomic E-state index is 0.0734. The molecule has 0 aliphatic carbocycles. The summed E-state index contributed by atoms with van der Waals surface area (Å²) in [4.78, 5) is 10.8. The number of aromatic carboxylic acids is 1. The predicted octanol–water partition coefficient (Wildman–Crippen LogP) is 2.19. The van der Waals surface area contributed by atoms with Gasteiger partial charge in [0.05, 0.1) is 10.5 Å². The van der Waals surface area contributed by atoms with E-state index >= 15 is 0 Å². The van der Waals surface area contributed by atoms with Gasteiger partial charge in [-0.3, -0.25) is 0 Å². The number of rotatable bonds is 3. The second-order valence-electron chi connectivity index (χ2n) is 3.49. The van der Waals surface area contributed by atoms with Gasteiger partial charge in [-0.25, -0.2) is 17.2 Å². The zero-order valence-corrected chi connectivity index (χ0v) is 11.3. The Balaban J connectivity index is 2.47. The van der Waals surface area contributed by atoms with Crippen LogP contribution in [0.1, 0.15) is 10.4 Å². The fraction of sp³-hybridized carbons (Fsp3) is 0. The molecule has 0 aliphatic heterocycles. The molecular formula is C11H8BrNO4S. The molecule has 0 spiro atoms. The zero-order valence-electron chi connectivity index (χ0n) is 8.95. The van der Waals surface area contributed by atoms with Gasteiger partial charge in [-0.2, -0.15) is 0 Å². The summed E-state index contributed by atoms with van der Waals surface area (Å²) in [5.41, 5.74) is -0.0734. The Kier molecular flexibility index (Phi) is 3.27. The van der Waals surface area contributed by atoms with Crippen LogP contribution in [0.3, 0.4) is 0 Å². The van der Waals surface area contributed by atoms with Crippen LogP contribution in [-0.2, 0) is 10.0 Å². The molecule has 0 aliphatic rings. The summed E-state index contributed by atoms with van der Waals surface area (Å²) in [6, 6.07) is 7.33. The van der Waals surface area contributed by atoms with Gasteiger partial charge in [0.15, 0.2) is 0 Å². The van der Waals surface area contributed by atoms with E-state index in [1.807, 2.05) is 0 Å². The smallest absolute Gasteiger partial charge is 0.337 e. The maximum Gasteiger partial charge on any atom is 0.337 e. The van der Waals surface area contributed by atoms with Crippen molar-refractivity contribution in [3.8, 4) is 0 Å². The van der Waals surface area contributed by atoms with Crippen LogP contribution in [0.25, 0.3) is 0 Å². The molecule has 0 fully saturated rings. The van der Waals surface area contributed by atoms with Gasteiger partial charge in [0.2, 0.25) is 0 Å². The van der Waals surface area contributed by atoms with Gasteiger partial charge in [0.25, 0.3) is 10.0 Å². The summed E-state index contributed by atoms with van der Waals surface area (Å²) in [6.07, 6.45) is 2.28. The average Bonchev–Trinajstić information content (AvgIpc) is 2.79. The molecule has 5 nitrogen and oxygen atoms in total. The van der Waals surface area contributed by atoms with Crippen molar-refractivity contribution >= 4 is 31.9 Å². The highest BCUT2D eigenvalue weighted by atomic mass is 79.9. The number of aromatic nitrogens is 1. The van der Waals surface area contributed by atoms with Gasteiger partial charge >= 0.3 is 5.97 Å². The van der Waals surface area contributed by atoms with Crippen molar-refractivity contribution in [3.63, 3.8) is 0 Å². The molecule has 0 amide bonds. The summed E-state index contributed by atoms with van der Waals surface area (Å²) in [6.45, 7) is 0. The van der Waals surface area contributed by atoms with Gasteiger partial charge in [0.1, 0.15) is 0 Å². The number of hydrogen-bond donors (Lipinski definition) is 1. The SMILES string of the molecule is O=C(O)c1ccn(S(=O)(=O)c2ccc(Br)cc2)c1. The van der Waals surface area contributed by atoms with Crippen molar-refractivity contribution in [3.05, 3.63) is 52.8 Å². The lowest BCUT2D eigenvalue weighted by Gasteiger charge is -2.05. The molecule has 94 valence electrons. The van der Waals surface area contributed by atoms with Crippen LogP contribution in [0.2, 0.25) is 0 Å². The van der Waals surface area contributed by atoms with Crippen molar-refractivity contribution in [1.29, 1.82) is 0 Å². The number of hydrogen-bond acceptors (Lipinski definition) is 3. The van der Waals surface area contributed by atoms with Crippen molar-refractivity contribution < 1.29 is 18.3 Å². The highest BCUT2D eigenvalue weighted by molar-refractivity contribution is 9.10. The number of carboxylic acids is 1. The normalized spacial score (nSPS) is 11.4. The summed E-state index contributed by atoms with van der Waals surface area (Å²) >= 11 is 3.21. The third-order valence-electron chi connectivity index (χ3n) is 2.30. The van der Waals surface area contributed by atoms with Crippen LogP contribution in [-0.4, -0.2) is 23.5 Å². The number of halogens is 1. The lowest BCUT2D eigenvalue weighted by atomic mass is 10.4.